The number of amides is 2. The Labute approximate surface area is 163 Å². The van der Waals surface area contributed by atoms with Crippen LogP contribution < -0.4 is 14.8 Å². The normalized spacial score (nSPS) is 10.2. The lowest BCUT2D eigenvalue weighted by Crippen LogP contribution is -2.32. The van der Waals surface area contributed by atoms with Crippen molar-refractivity contribution in [1.29, 1.82) is 0 Å². The Bertz CT molecular complexity index is 799. The van der Waals surface area contributed by atoms with E-state index in [-0.39, 0.29) is 12.3 Å². The molecule has 0 aliphatic rings. The van der Waals surface area contributed by atoms with Crippen LogP contribution >= 0.6 is 11.6 Å². The summed E-state index contributed by atoms with van der Waals surface area (Å²) in [7, 11) is 4.61. The van der Waals surface area contributed by atoms with E-state index in [2.05, 4.69) is 10.3 Å². The fourth-order valence-corrected chi connectivity index (χ4v) is 2.63. The number of halogens is 1. The first-order valence-corrected chi connectivity index (χ1v) is 8.66. The highest BCUT2D eigenvalue weighted by Crippen LogP contribution is 2.35. The fourth-order valence-electron chi connectivity index (χ4n) is 2.40. The summed E-state index contributed by atoms with van der Waals surface area (Å²) in [6.07, 6.45) is 3.83. The van der Waals surface area contributed by atoms with Crippen molar-refractivity contribution < 1.29 is 19.1 Å². The minimum Gasteiger partial charge on any atom is -0.495 e. The Morgan fingerprint density at radius 3 is 2.44 bits per heavy atom. The van der Waals surface area contributed by atoms with Gasteiger partial charge < -0.3 is 19.7 Å². The van der Waals surface area contributed by atoms with E-state index in [0.29, 0.717) is 35.2 Å². The first-order chi connectivity index (χ1) is 12.9. The number of aromatic nitrogens is 1. The topological polar surface area (TPSA) is 80.8 Å². The number of carbonyl (C=O) groups excluding carboxylic acids is 2. The lowest BCUT2D eigenvalue weighted by atomic mass is 10.2. The molecule has 2 amide bonds. The molecule has 0 spiro atoms. The van der Waals surface area contributed by atoms with Crippen LogP contribution in [0.15, 0.2) is 36.7 Å². The van der Waals surface area contributed by atoms with Crippen molar-refractivity contribution in [3.05, 3.63) is 47.2 Å². The number of rotatable bonds is 8. The SMILES string of the molecule is COc1cc(NC(=O)CC(=O)N(C)CCc2ccncc2)c(OC)cc1Cl. The first kappa shape index (κ1) is 20.5. The second-order valence-corrected chi connectivity index (χ2v) is 6.24. The van der Waals surface area contributed by atoms with Crippen molar-refractivity contribution in [1.82, 2.24) is 9.88 Å². The molecule has 8 heteroatoms. The molecule has 0 aliphatic carbocycles. The summed E-state index contributed by atoms with van der Waals surface area (Å²) in [5.74, 6) is 0.0566. The van der Waals surface area contributed by atoms with Gasteiger partial charge in [-0.25, -0.2) is 0 Å². The molecule has 0 saturated heterocycles. The zero-order valence-electron chi connectivity index (χ0n) is 15.5. The van der Waals surface area contributed by atoms with Crippen LogP contribution in [0.5, 0.6) is 11.5 Å². The van der Waals surface area contributed by atoms with E-state index in [0.717, 1.165) is 5.56 Å². The molecule has 0 saturated carbocycles. The molecule has 0 aliphatic heterocycles. The van der Waals surface area contributed by atoms with Crippen LogP contribution in [-0.4, -0.2) is 49.5 Å². The largest absolute Gasteiger partial charge is 0.495 e. The molecule has 0 fully saturated rings. The van der Waals surface area contributed by atoms with Crippen LogP contribution in [0, 0.1) is 0 Å². The van der Waals surface area contributed by atoms with Crippen LogP contribution in [0.4, 0.5) is 5.69 Å². The molecule has 2 rings (SSSR count). The van der Waals surface area contributed by atoms with E-state index in [9.17, 15) is 9.59 Å². The van der Waals surface area contributed by atoms with Crippen molar-refractivity contribution in [3.8, 4) is 11.5 Å². The Morgan fingerprint density at radius 1 is 1.15 bits per heavy atom. The number of hydrogen-bond acceptors (Lipinski definition) is 5. The molecule has 7 nitrogen and oxygen atoms in total. The highest BCUT2D eigenvalue weighted by molar-refractivity contribution is 6.32. The predicted octanol–water partition coefficient (Wildman–Crippen LogP) is 2.78. The van der Waals surface area contributed by atoms with Gasteiger partial charge in [0.05, 0.1) is 24.9 Å². The summed E-state index contributed by atoms with van der Waals surface area (Å²) in [5, 5.41) is 3.03. The third-order valence-electron chi connectivity index (χ3n) is 3.97. The maximum absolute atomic E-state index is 12.3. The van der Waals surface area contributed by atoms with Crippen LogP contribution in [0.1, 0.15) is 12.0 Å². The van der Waals surface area contributed by atoms with E-state index < -0.39 is 5.91 Å². The van der Waals surface area contributed by atoms with Gasteiger partial charge >= 0.3 is 0 Å². The summed E-state index contributed by atoms with van der Waals surface area (Å²) in [4.78, 5) is 30.0. The smallest absolute Gasteiger partial charge is 0.233 e. The maximum Gasteiger partial charge on any atom is 0.233 e. The van der Waals surface area contributed by atoms with E-state index in [4.69, 9.17) is 21.1 Å². The summed E-state index contributed by atoms with van der Waals surface area (Å²) in [5.41, 5.74) is 1.46. The van der Waals surface area contributed by atoms with Gasteiger partial charge in [-0.15, -0.1) is 0 Å². The van der Waals surface area contributed by atoms with E-state index in [1.807, 2.05) is 12.1 Å². The van der Waals surface area contributed by atoms with E-state index in [1.54, 1.807) is 31.6 Å². The fraction of sp³-hybridized carbons (Fsp3) is 0.316. The van der Waals surface area contributed by atoms with Gasteiger partial charge in [-0.2, -0.15) is 0 Å². The molecule has 1 aromatic heterocycles. The molecule has 0 atom stereocenters. The van der Waals surface area contributed by atoms with Gasteiger partial charge in [-0.3, -0.25) is 14.6 Å². The zero-order chi connectivity index (χ0) is 19.8. The molecule has 144 valence electrons. The van der Waals surface area contributed by atoms with Crippen molar-refractivity contribution in [2.45, 2.75) is 12.8 Å². The number of hydrogen-bond donors (Lipinski definition) is 1. The number of methoxy groups -OCH3 is 2. The van der Waals surface area contributed by atoms with Gasteiger partial charge in [-0.05, 0) is 24.1 Å². The maximum atomic E-state index is 12.3. The van der Waals surface area contributed by atoms with Crippen LogP contribution in [-0.2, 0) is 16.0 Å². The van der Waals surface area contributed by atoms with Crippen molar-refractivity contribution in [3.63, 3.8) is 0 Å². The lowest BCUT2D eigenvalue weighted by Gasteiger charge is -2.17. The Hall–Kier alpha value is -2.80. The number of anilines is 1. The first-order valence-electron chi connectivity index (χ1n) is 8.28. The monoisotopic (exact) mass is 391 g/mol. The number of ether oxygens (including phenoxy) is 2. The number of nitrogens with one attached hydrogen (secondary N) is 1. The summed E-state index contributed by atoms with van der Waals surface area (Å²) >= 11 is 6.05. The molecule has 1 N–H and O–H groups in total. The average Bonchev–Trinajstić information content (AvgIpc) is 2.67. The standard InChI is InChI=1S/C19H22ClN3O4/c1-23(9-6-13-4-7-21-8-5-13)19(25)12-18(24)22-15-11-16(26-2)14(20)10-17(15)27-3/h4-5,7-8,10-11H,6,9,12H2,1-3H3,(H,22,24). The number of benzene rings is 1. The van der Waals surface area contributed by atoms with Gasteiger partial charge in [-0.1, -0.05) is 11.6 Å². The van der Waals surface area contributed by atoms with Gasteiger partial charge in [0.2, 0.25) is 11.8 Å². The highest BCUT2D eigenvalue weighted by Gasteiger charge is 2.17. The molecule has 2 aromatic rings. The van der Waals surface area contributed by atoms with Gasteiger partial charge in [0, 0.05) is 38.1 Å². The van der Waals surface area contributed by atoms with Crippen LogP contribution in [0.2, 0.25) is 5.02 Å². The van der Waals surface area contributed by atoms with Crippen LogP contribution in [0.3, 0.4) is 0 Å². The molecule has 0 unspecified atom stereocenters. The number of likely N-dealkylation sites (N-methyl/N-ethyl adjacent to an activating group) is 1. The quantitative estimate of drug-likeness (QED) is 0.700. The van der Waals surface area contributed by atoms with Gasteiger partial charge in [0.15, 0.2) is 0 Å². The second kappa shape index (κ2) is 9.78. The molecule has 1 aromatic carbocycles. The van der Waals surface area contributed by atoms with E-state index in [1.165, 1.54) is 19.1 Å². The molecular weight excluding hydrogens is 370 g/mol. The van der Waals surface area contributed by atoms with Crippen molar-refractivity contribution in [2.75, 3.05) is 33.1 Å². The minimum atomic E-state index is -0.446. The number of carbonyl (C=O) groups is 2. The van der Waals surface area contributed by atoms with Crippen molar-refractivity contribution >= 4 is 29.1 Å². The minimum absolute atomic E-state index is 0.276. The second-order valence-electron chi connectivity index (χ2n) is 5.83. The van der Waals surface area contributed by atoms with Crippen molar-refractivity contribution in [2.24, 2.45) is 0 Å². The predicted molar refractivity (Wildman–Crippen MR) is 103 cm³/mol. The zero-order valence-corrected chi connectivity index (χ0v) is 16.2. The Balaban J connectivity index is 1.93. The van der Waals surface area contributed by atoms with Crippen LogP contribution in [0.25, 0.3) is 0 Å². The number of nitrogens with zero attached hydrogens (tertiary/aromatic N) is 2. The molecule has 0 radical (unpaired) electrons. The summed E-state index contributed by atoms with van der Waals surface area (Å²) < 4.78 is 10.4. The number of pyridine rings is 1. The average molecular weight is 392 g/mol. The Morgan fingerprint density at radius 2 is 1.81 bits per heavy atom. The van der Waals surface area contributed by atoms with E-state index >= 15 is 0 Å². The molecule has 1 heterocycles. The van der Waals surface area contributed by atoms with Gasteiger partial charge in [0.1, 0.15) is 17.9 Å². The molecular formula is C19H22ClN3O4. The highest BCUT2D eigenvalue weighted by atomic mass is 35.5. The molecule has 27 heavy (non-hydrogen) atoms. The van der Waals surface area contributed by atoms with Gasteiger partial charge in [0.25, 0.3) is 0 Å². The lowest BCUT2D eigenvalue weighted by molar-refractivity contribution is -0.133. The third-order valence-corrected chi connectivity index (χ3v) is 4.27. The third kappa shape index (κ3) is 5.86. The summed E-state index contributed by atoms with van der Waals surface area (Å²) in [6, 6.07) is 6.88. The Kier molecular flexibility index (Phi) is 7.43. The summed E-state index contributed by atoms with van der Waals surface area (Å²) in [6.45, 7) is 0.508. The molecule has 0 bridgehead atoms.